The van der Waals surface area contributed by atoms with Gasteiger partial charge < -0.3 is 20.1 Å². The first kappa shape index (κ1) is 17.3. The minimum atomic E-state index is -1.16. The Labute approximate surface area is 159 Å². The highest BCUT2D eigenvalue weighted by Gasteiger charge is 2.44. The van der Waals surface area contributed by atoms with Crippen LogP contribution in [0.3, 0.4) is 0 Å². The number of benzene rings is 1. The van der Waals surface area contributed by atoms with Crippen LogP contribution >= 0.6 is 63.7 Å². The van der Waals surface area contributed by atoms with Crippen LogP contribution < -0.4 is 0 Å². The molecule has 0 spiro atoms. The molecule has 1 aromatic carbocycles. The van der Waals surface area contributed by atoms with Gasteiger partial charge in [-0.3, -0.25) is 4.57 Å². The van der Waals surface area contributed by atoms with Gasteiger partial charge in [-0.25, -0.2) is 4.98 Å². The molecule has 3 N–H and O–H groups in total. The number of aliphatic hydroxyl groups excluding tert-OH is 3. The smallest absolute Gasteiger partial charge is 0.164 e. The molecule has 3 rings (SSSR count). The molecule has 1 fully saturated rings. The summed E-state index contributed by atoms with van der Waals surface area (Å²) in [6.45, 7) is -0.374. The van der Waals surface area contributed by atoms with E-state index in [4.69, 9.17) is 4.74 Å². The maximum absolute atomic E-state index is 10.2. The number of imidazole rings is 1. The molecular formula is C12H10Br4N2O4. The quantitative estimate of drug-likeness (QED) is 0.385. The minimum Gasteiger partial charge on any atom is -0.394 e. The molecule has 120 valence electrons. The molecule has 0 radical (unpaired) electrons. The van der Waals surface area contributed by atoms with E-state index in [-0.39, 0.29) is 6.61 Å². The van der Waals surface area contributed by atoms with Gasteiger partial charge in [0.2, 0.25) is 0 Å². The van der Waals surface area contributed by atoms with Gasteiger partial charge >= 0.3 is 0 Å². The number of ether oxygens (including phenoxy) is 1. The van der Waals surface area contributed by atoms with Crippen molar-refractivity contribution in [1.82, 2.24) is 9.55 Å². The van der Waals surface area contributed by atoms with Crippen molar-refractivity contribution in [2.45, 2.75) is 24.5 Å². The second kappa shape index (κ2) is 6.40. The Morgan fingerprint density at radius 2 is 1.68 bits per heavy atom. The zero-order chi connectivity index (χ0) is 16.2. The van der Waals surface area contributed by atoms with E-state index in [0.717, 1.165) is 17.9 Å². The molecule has 0 unspecified atom stereocenters. The van der Waals surface area contributed by atoms with Crippen molar-refractivity contribution in [2.75, 3.05) is 6.61 Å². The minimum absolute atomic E-state index is 0.374. The van der Waals surface area contributed by atoms with Crippen molar-refractivity contribution in [3.05, 3.63) is 24.2 Å². The average Bonchev–Trinajstić information content (AvgIpc) is 3.06. The first-order valence-corrected chi connectivity index (χ1v) is 9.36. The van der Waals surface area contributed by atoms with Crippen molar-refractivity contribution in [2.24, 2.45) is 0 Å². The van der Waals surface area contributed by atoms with Crippen LogP contribution in [-0.2, 0) is 4.74 Å². The number of aromatic nitrogens is 2. The van der Waals surface area contributed by atoms with Gasteiger partial charge in [-0.2, -0.15) is 0 Å². The summed E-state index contributed by atoms with van der Waals surface area (Å²) in [5.74, 6) is 0. The molecule has 1 aliphatic rings. The predicted molar refractivity (Wildman–Crippen MR) is 93.5 cm³/mol. The second-order valence-corrected chi connectivity index (χ2v) is 8.01. The van der Waals surface area contributed by atoms with Crippen LogP contribution in [0.5, 0.6) is 0 Å². The summed E-state index contributed by atoms with van der Waals surface area (Å²) in [6, 6.07) is 0. The summed E-state index contributed by atoms with van der Waals surface area (Å²) in [6.07, 6.45) is -2.47. The Hall–Kier alpha value is 0.450. The van der Waals surface area contributed by atoms with Crippen LogP contribution in [0.4, 0.5) is 0 Å². The highest BCUT2D eigenvalue weighted by atomic mass is 79.9. The maximum atomic E-state index is 10.2. The second-order valence-electron chi connectivity index (χ2n) is 4.83. The summed E-state index contributed by atoms with van der Waals surface area (Å²) >= 11 is 13.9. The molecule has 1 aromatic heterocycles. The molecule has 0 bridgehead atoms. The van der Waals surface area contributed by atoms with Crippen LogP contribution in [-0.4, -0.2) is 49.8 Å². The average molecular weight is 566 g/mol. The molecule has 2 heterocycles. The molecule has 0 aliphatic carbocycles. The summed E-state index contributed by atoms with van der Waals surface area (Å²) in [5.41, 5.74) is 1.36. The van der Waals surface area contributed by atoms with E-state index in [1.165, 1.54) is 6.33 Å². The Morgan fingerprint density at radius 1 is 1.05 bits per heavy atom. The summed E-state index contributed by atoms with van der Waals surface area (Å²) in [4.78, 5) is 4.34. The lowest BCUT2D eigenvalue weighted by molar-refractivity contribution is -0.0509. The Kier molecular flexibility index (Phi) is 5.02. The van der Waals surface area contributed by atoms with E-state index in [1.54, 1.807) is 4.57 Å². The monoisotopic (exact) mass is 562 g/mol. The summed E-state index contributed by atoms with van der Waals surface area (Å²) < 4.78 is 10.3. The van der Waals surface area contributed by atoms with Crippen molar-refractivity contribution in [3.63, 3.8) is 0 Å². The van der Waals surface area contributed by atoms with Gasteiger partial charge in [0.1, 0.15) is 23.8 Å². The number of rotatable bonds is 2. The molecule has 0 amide bonds. The van der Waals surface area contributed by atoms with E-state index >= 15 is 0 Å². The normalized spacial score (nSPS) is 28.7. The van der Waals surface area contributed by atoms with Crippen LogP contribution in [0, 0.1) is 0 Å². The first-order chi connectivity index (χ1) is 10.4. The topological polar surface area (TPSA) is 87.7 Å². The number of hydrogen-bond donors (Lipinski definition) is 3. The number of halogens is 4. The zero-order valence-electron chi connectivity index (χ0n) is 10.8. The molecule has 6 nitrogen and oxygen atoms in total. The van der Waals surface area contributed by atoms with Crippen molar-refractivity contribution in [1.29, 1.82) is 0 Å². The molecule has 0 saturated carbocycles. The molecule has 22 heavy (non-hydrogen) atoms. The fraction of sp³-hybridized carbons (Fsp3) is 0.417. The first-order valence-electron chi connectivity index (χ1n) is 6.19. The predicted octanol–water partition coefficient (Wildman–Crippen LogP) is 2.70. The van der Waals surface area contributed by atoms with Gasteiger partial charge in [0, 0.05) is 8.95 Å². The van der Waals surface area contributed by atoms with Crippen molar-refractivity contribution >= 4 is 74.8 Å². The SMILES string of the molecule is OC[C@H]1O[C@@H](n2cnc3c(Br)c(Br)c(Br)c(Br)c32)[C@H](O)[C@@H]1O. The molecule has 2 aromatic rings. The van der Waals surface area contributed by atoms with Gasteiger partial charge in [0.05, 0.1) is 27.4 Å². The Balaban J connectivity index is 2.17. The van der Waals surface area contributed by atoms with Crippen LogP contribution in [0.1, 0.15) is 6.23 Å². The van der Waals surface area contributed by atoms with Crippen molar-refractivity contribution < 1.29 is 20.1 Å². The van der Waals surface area contributed by atoms with Gasteiger partial charge in [0.15, 0.2) is 6.23 Å². The molecule has 10 heteroatoms. The maximum Gasteiger partial charge on any atom is 0.164 e. The van der Waals surface area contributed by atoms with Crippen LogP contribution in [0.25, 0.3) is 11.0 Å². The fourth-order valence-corrected chi connectivity index (χ4v) is 4.83. The molecule has 4 atom stereocenters. The number of nitrogens with zero attached hydrogens (tertiary/aromatic N) is 2. The van der Waals surface area contributed by atoms with Crippen LogP contribution in [0.15, 0.2) is 24.2 Å². The lowest BCUT2D eigenvalue weighted by Gasteiger charge is -2.18. The Morgan fingerprint density at radius 3 is 2.27 bits per heavy atom. The lowest BCUT2D eigenvalue weighted by Crippen LogP contribution is -2.33. The van der Waals surface area contributed by atoms with Gasteiger partial charge in [0.25, 0.3) is 0 Å². The van der Waals surface area contributed by atoms with Gasteiger partial charge in [-0.15, -0.1) is 0 Å². The van der Waals surface area contributed by atoms with E-state index in [0.29, 0.717) is 11.0 Å². The van der Waals surface area contributed by atoms with Gasteiger partial charge in [-0.05, 0) is 63.7 Å². The number of hydrogen-bond acceptors (Lipinski definition) is 5. The molecule has 1 saturated heterocycles. The highest BCUT2D eigenvalue weighted by molar-refractivity contribution is 9.15. The Bertz CT molecular complexity index is 738. The van der Waals surface area contributed by atoms with Gasteiger partial charge in [-0.1, -0.05) is 0 Å². The molecule has 1 aliphatic heterocycles. The summed E-state index contributed by atoms with van der Waals surface area (Å²) in [5, 5.41) is 29.3. The number of aliphatic hydroxyl groups is 3. The molecular weight excluding hydrogens is 556 g/mol. The van der Waals surface area contributed by atoms with Crippen molar-refractivity contribution in [3.8, 4) is 0 Å². The third-order valence-electron chi connectivity index (χ3n) is 3.58. The largest absolute Gasteiger partial charge is 0.394 e. The van der Waals surface area contributed by atoms with E-state index in [1.807, 2.05) is 0 Å². The third-order valence-corrected chi connectivity index (χ3v) is 8.31. The standard InChI is InChI=1S/C12H10Br4N2O4/c13-4-5(14)7(16)9-8(6(4)15)17-2-18(9)12-11(21)10(20)3(1-19)22-12/h2-3,10-12,19-21H,1H2/t3-,10-,11-,12-/m1/s1. The lowest BCUT2D eigenvalue weighted by atomic mass is 10.1. The van der Waals surface area contributed by atoms with E-state index in [9.17, 15) is 15.3 Å². The number of fused-ring (bicyclic) bond motifs is 1. The van der Waals surface area contributed by atoms with E-state index in [2.05, 4.69) is 68.7 Å². The third kappa shape index (κ3) is 2.52. The fourth-order valence-electron chi connectivity index (χ4n) is 2.44. The van der Waals surface area contributed by atoms with E-state index < -0.39 is 24.5 Å². The van der Waals surface area contributed by atoms with Crippen LogP contribution in [0.2, 0.25) is 0 Å². The summed E-state index contributed by atoms with van der Waals surface area (Å²) in [7, 11) is 0. The zero-order valence-corrected chi connectivity index (χ0v) is 17.1. The highest BCUT2D eigenvalue weighted by Crippen LogP contribution is 2.44.